The average molecular weight is 357 g/mol. The summed E-state index contributed by atoms with van der Waals surface area (Å²) in [6.45, 7) is 5.79. The lowest BCUT2D eigenvalue weighted by Crippen LogP contribution is -2.64. The maximum absolute atomic E-state index is 10.3. The van der Waals surface area contributed by atoms with Gasteiger partial charge >= 0.3 is 0 Å². The van der Waals surface area contributed by atoms with E-state index in [0.717, 1.165) is 39.0 Å². The zero-order valence-corrected chi connectivity index (χ0v) is 15.9. The number of piperazine rings is 1. The van der Waals surface area contributed by atoms with Crippen molar-refractivity contribution in [2.45, 2.75) is 50.6 Å². The van der Waals surface area contributed by atoms with Crippen molar-refractivity contribution in [3.63, 3.8) is 0 Å². The molecule has 1 aromatic rings. The maximum atomic E-state index is 10.3. The van der Waals surface area contributed by atoms with Gasteiger partial charge < -0.3 is 10.0 Å². The Morgan fingerprint density at radius 3 is 2.35 bits per heavy atom. The van der Waals surface area contributed by atoms with Gasteiger partial charge in [0.05, 0.1) is 18.2 Å². The molecule has 0 saturated carbocycles. The molecule has 0 aromatic heterocycles. The van der Waals surface area contributed by atoms with Crippen molar-refractivity contribution in [3.05, 3.63) is 41.5 Å². The summed E-state index contributed by atoms with van der Waals surface area (Å²) < 4.78 is 0. The number of likely N-dealkylation sites (N-methyl/N-ethyl adjacent to an activating group) is 1. The van der Waals surface area contributed by atoms with E-state index in [0.29, 0.717) is 12.1 Å². The van der Waals surface area contributed by atoms with E-state index in [4.69, 9.17) is 4.84 Å². The predicted octanol–water partition coefficient (Wildman–Crippen LogP) is 2.19. The highest BCUT2D eigenvalue weighted by Crippen LogP contribution is 2.44. The number of hydrogen-bond acceptors (Lipinski definition) is 5. The van der Waals surface area contributed by atoms with Crippen LogP contribution in [0.3, 0.4) is 0 Å². The molecule has 5 heteroatoms. The fraction of sp³-hybridized carbons (Fsp3) is 0.619. The summed E-state index contributed by atoms with van der Waals surface area (Å²) in [6.07, 6.45) is 5.14. The Bertz CT molecular complexity index is 611. The molecule has 3 fully saturated rings. The molecule has 2 bridgehead atoms. The molecule has 0 spiro atoms. The molecule has 5 nitrogen and oxygen atoms in total. The van der Waals surface area contributed by atoms with Crippen molar-refractivity contribution in [2.75, 3.05) is 33.2 Å². The van der Waals surface area contributed by atoms with Crippen LogP contribution in [-0.2, 0) is 4.84 Å². The lowest BCUT2D eigenvalue weighted by molar-refractivity contribution is -0.321. The number of fused-ring (bicyclic) bond motifs is 2. The van der Waals surface area contributed by atoms with E-state index in [1.807, 2.05) is 6.92 Å². The number of hydrogen-bond donors (Lipinski definition) is 1. The van der Waals surface area contributed by atoms with Gasteiger partial charge in [0.15, 0.2) is 6.23 Å². The second-order valence-corrected chi connectivity index (χ2v) is 7.95. The van der Waals surface area contributed by atoms with Crippen molar-refractivity contribution in [3.8, 4) is 0 Å². The molecule has 1 aromatic carbocycles. The third kappa shape index (κ3) is 3.59. The van der Waals surface area contributed by atoms with Crippen LogP contribution in [0.2, 0.25) is 0 Å². The Balaban J connectivity index is 1.45. The molecule has 4 rings (SSSR count). The van der Waals surface area contributed by atoms with Crippen LogP contribution in [0.15, 0.2) is 35.9 Å². The van der Waals surface area contributed by atoms with Gasteiger partial charge in [-0.25, -0.2) is 0 Å². The normalized spacial score (nSPS) is 29.9. The fourth-order valence-electron chi connectivity index (χ4n) is 4.49. The smallest absolute Gasteiger partial charge is 0.158 e. The van der Waals surface area contributed by atoms with Gasteiger partial charge in [-0.3, -0.25) is 9.74 Å². The van der Waals surface area contributed by atoms with Gasteiger partial charge in [-0.05, 0) is 44.4 Å². The first-order valence-electron chi connectivity index (χ1n) is 9.96. The third-order valence-corrected chi connectivity index (χ3v) is 6.01. The Hall–Kier alpha value is -1.24. The van der Waals surface area contributed by atoms with E-state index < -0.39 is 6.10 Å². The van der Waals surface area contributed by atoms with E-state index in [2.05, 4.69) is 58.3 Å². The minimum absolute atomic E-state index is 0.245. The molecule has 26 heavy (non-hydrogen) atoms. The van der Waals surface area contributed by atoms with E-state index in [9.17, 15) is 5.11 Å². The highest BCUT2D eigenvalue weighted by Gasteiger charge is 2.49. The van der Waals surface area contributed by atoms with Gasteiger partial charge in [-0.15, -0.1) is 0 Å². The molecular formula is C21H31N3O2. The zero-order valence-electron chi connectivity index (χ0n) is 15.9. The molecule has 4 atom stereocenters. The quantitative estimate of drug-likeness (QED) is 0.875. The summed E-state index contributed by atoms with van der Waals surface area (Å²) in [5.74, 6) is 0. The Labute approximate surface area is 156 Å². The topological polar surface area (TPSA) is 39.2 Å². The van der Waals surface area contributed by atoms with Crippen molar-refractivity contribution in [1.29, 1.82) is 0 Å². The molecule has 3 saturated heterocycles. The molecule has 2 unspecified atom stereocenters. The van der Waals surface area contributed by atoms with E-state index >= 15 is 0 Å². The Morgan fingerprint density at radius 1 is 1.08 bits per heavy atom. The van der Waals surface area contributed by atoms with Gasteiger partial charge in [0.25, 0.3) is 0 Å². The number of nitrogens with zero attached hydrogens (tertiary/aromatic N) is 3. The highest BCUT2D eigenvalue weighted by atomic mass is 16.7. The third-order valence-electron chi connectivity index (χ3n) is 6.01. The highest BCUT2D eigenvalue weighted by molar-refractivity contribution is 5.58. The van der Waals surface area contributed by atoms with Gasteiger partial charge in [-0.1, -0.05) is 36.4 Å². The number of rotatable bonds is 5. The summed E-state index contributed by atoms with van der Waals surface area (Å²) in [6, 6.07) is 11.3. The first-order chi connectivity index (χ1) is 12.6. The standard InChI is InChI=1S/C21H31N3O2/c1-16(25)21(23-13-11-22(2)12-14-23)26-24-19-9-6-10-20(24)18(19)15-17-7-4-3-5-8-17/h3-5,7-8,15-16,19-21,25H,6,9-14H2,1-2H3/t16-,19?,20?,21+/m1/s1. The first-order valence-corrected chi connectivity index (χ1v) is 9.96. The van der Waals surface area contributed by atoms with Crippen molar-refractivity contribution in [2.24, 2.45) is 0 Å². The molecule has 0 amide bonds. The number of hydroxylamine groups is 2. The minimum Gasteiger partial charge on any atom is -0.389 e. The predicted molar refractivity (Wildman–Crippen MR) is 103 cm³/mol. The first kappa shape index (κ1) is 18.1. The van der Waals surface area contributed by atoms with Crippen LogP contribution in [0.25, 0.3) is 6.08 Å². The minimum atomic E-state index is -0.499. The number of piperidine rings is 1. The summed E-state index contributed by atoms with van der Waals surface area (Å²) in [7, 11) is 2.15. The van der Waals surface area contributed by atoms with E-state index in [1.165, 1.54) is 17.6 Å². The number of aliphatic hydroxyl groups is 1. The molecule has 3 aliphatic heterocycles. The molecular weight excluding hydrogens is 326 g/mol. The fourth-order valence-corrected chi connectivity index (χ4v) is 4.49. The van der Waals surface area contributed by atoms with Gasteiger partial charge in [0.2, 0.25) is 0 Å². The van der Waals surface area contributed by atoms with Crippen molar-refractivity contribution >= 4 is 6.08 Å². The van der Waals surface area contributed by atoms with Gasteiger partial charge in [0.1, 0.15) is 0 Å². The molecule has 142 valence electrons. The lowest BCUT2D eigenvalue weighted by atomic mass is 9.76. The zero-order chi connectivity index (χ0) is 18.1. The number of aliphatic hydroxyl groups excluding tert-OH is 1. The van der Waals surface area contributed by atoms with Gasteiger partial charge in [-0.2, -0.15) is 5.06 Å². The van der Waals surface area contributed by atoms with Crippen LogP contribution in [0.5, 0.6) is 0 Å². The molecule has 1 N–H and O–H groups in total. The Morgan fingerprint density at radius 2 is 1.73 bits per heavy atom. The second kappa shape index (κ2) is 7.79. The largest absolute Gasteiger partial charge is 0.389 e. The average Bonchev–Trinajstić information content (AvgIpc) is 2.67. The number of benzene rings is 1. The van der Waals surface area contributed by atoms with E-state index in [1.54, 1.807) is 0 Å². The second-order valence-electron chi connectivity index (χ2n) is 7.95. The molecule has 3 heterocycles. The summed E-state index contributed by atoms with van der Waals surface area (Å²) in [5, 5.41) is 12.5. The monoisotopic (exact) mass is 357 g/mol. The van der Waals surface area contributed by atoms with Crippen molar-refractivity contribution in [1.82, 2.24) is 14.9 Å². The lowest BCUT2D eigenvalue weighted by Gasteiger charge is -2.55. The molecule has 0 aliphatic carbocycles. The Kier molecular flexibility index (Phi) is 5.43. The van der Waals surface area contributed by atoms with Crippen LogP contribution in [0.4, 0.5) is 0 Å². The van der Waals surface area contributed by atoms with E-state index in [-0.39, 0.29) is 6.23 Å². The van der Waals surface area contributed by atoms with Crippen LogP contribution in [-0.4, -0.2) is 77.6 Å². The van der Waals surface area contributed by atoms with Crippen LogP contribution < -0.4 is 0 Å². The molecule has 0 radical (unpaired) electrons. The van der Waals surface area contributed by atoms with Crippen LogP contribution in [0, 0.1) is 0 Å². The molecule has 3 aliphatic rings. The van der Waals surface area contributed by atoms with Gasteiger partial charge in [0, 0.05) is 26.2 Å². The maximum Gasteiger partial charge on any atom is 0.158 e. The van der Waals surface area contributed by atoms with Crippen LogP contribution in [0.1, 0.15) is 31.7 Å². The summed E-state index contributed by atoms with van der Waals surface area (Å²) in [5.41, 5.74) is 2.76. The van der Waals surface area contributed by atoms with Crippen molar-refractivity contribution < 1.29 is 9.94 Å². The summed E-state index contributed by atoms with van der Waals surface area (Å²) >= 11 is 0. The SMILES string of the molecule is C[C@@H](O)[C@H](ON1C2CCCC1C2=Cc1ccccc1)N1CCN(C)CC1. The summed E-state index contributed by atoms with van der Waals surface area (Å²) in [4.78, 5) is 11.0. The van der Waals surface area contributed by atoms with Crippen LogP contribution >= 0.6 is 0 Å².